The summed E-state index contributed by atoms with van der Waals surface area (Å²) in [5.74, 6) is 0.0850. The first-order valence-electron chi connectivity index (χ1n) is 9.55. The molecule has 0 N–H and O–H groups in total. The Morgan fingerprint density at radius 2 is 2.00 bits per heavy atom. The van der Waals surface area contributed by atoms with E-state index >= 15 is 0 Å². The molecule has 2 heterocycles. The van der Waals surface area contributed by atoms with Gasteiger partial charge in [-0.05, 0) is 48.2 Å². The number of carbonyl (C=O) groups is 1. The van der Waals surface area contributed by atoms with Crippen molar-refractivity contribution in [1.29, 1.82) is 0 Å². The molecule has 1 aliphatic heterocycles. The van der Waals surface area contributed by atoms with Crippen LogP contribution in [0, 0.1) is 0 Å². The number of amidine groups is 1. The Kier molecular flexibility index (Phi) is 5.74. The van der Waals surface area contributed by atoms with Crippen LogP contribution >= 0.6 is 23.1 Å². The first-order valence-corrected chi connectivity index (χ1v) is 11.2. The summed E-state index contributed by atoms with van der Waals surface area (Å²) in [5, 5.41) is 3.40. The van der Waals surface area contributed by atoms with Crippen LogP contribution in [-0.2, 0) is 11.2 Å². The van der Waals surface area contributed by atoms with Crippen LogP contribution < -0.4 is 0 Å². The number of thiazole rings is 1. The zero-order valence-electron chi connectivity index (χ0n) is 15.4. The fourth-order valence-electron chi connectivity index (χ4n) is 3.58. The van der Waals surface area contributed by atoms with Crippen LogP contribution in [0.3, 0.4) is 0 Å². The maximum absolute atomic E-state index is 13.2. The molecule has 4 nitrogen and oxygen atoms in total. The van der Waals surface area contributed by atoms with Crippen molar-refractivity contribution in [2.24, 2.45) is 4.99 Å². The molecule has 1 amide bonds. The average molecular weight is 398 g/mol. The molecule has 0 spiro atoms. The molecule has 1 saturated heterocycles. The van der Waals surface area contributed by atoms with Crippen molar-refractivity contribution in [2.75, 3.05) is 0 Å². The maximum atomic E-state index is 13.2. The summed E-state index contributed by atoms with van der Waals surface area (Å²) in [6.07, 6.45) is 10.5. The molecule has 0 radical (unpaired) electrons. The van der Waals surface area contributed by atoms with Gasteiger partial charge in [0, 0.05) is 17.6 Å². The monoisotopic (exact) mass is 397 g/mol. The van der Waals surface area contributed by atoms with Crippen molar-refractivity contribution in [1.82, 2.24) is 9.88 Å². The quantitative estimate of drug-likeness (QED) is 0.627. The van der Waals surface area contributed by atoms with E-state index in [1.54, 1.807) is 6.20 Å². The highest BCUT2D eigenvalue weighted by molar-refractivity contribution is 8.18. The predicted octanol–water partition coefficient (Wildman–Crippen LogP) is 5.64. The molecule has 2 aliphatic rings. The largest absolute Gasteiger partial charge is 0.283 e. The van der Waals surface area contributed by atoms with Gasteiger partial charge in [0.25, 0.3) is 5.91 Å². The van der Waals surface area contributed by atoms with Gasteiger partial charge in [-0.15, -0.1) is 11.3 Å². The topological polar surface area (TPSA) is 45.6 Å². The number of amides is 1. The van der Waals surface area contributed by atoms with Crippen LogP contribution in [0.1, 0.15) is 50.2 Å². The van der Waals surface area contributed by atoms with Gasteiger partial charge in [0.2, 0.25) is 5.13 Å². The number of benzene rings is 1. The highest BCUT2D eigenvalue weighted by atomic mass is 32.2. The van der Waals surface area contributed by atoms with Crippen LogP contribution in [0.15, 0.2) is 45.7 Å². The number of aromatic nitrogens is 1. The number of aliphatic imine (C=N–C) groups is 1. The Balaban J connectivity index is 1.65. The summed E-state index contributed by atoms with van der Waals surface area (Å²) in [6.45, 7) is 2.15. The summed E-state index contributed by atoms with van der Waals surface area (Å²) in [4.78, 5) is 24.9. The number of aryl methyl sites for hydroxylation is 1. The molecule has 2 aromatic rings. The lowest BCUT2D eigenvalue weighted by Gasteiger charge is -2.30. The van der Waals surface area contributed by atoms with Gasteiger partial charge in [-0.3, -0.25) is 9.69 Å². The number of nitrogens with zero attached hydrogens (tertiary/aromatic N) is 3. The highest BCUT2D eigenvalue weighted by Crippen LogP contribution is 2.38. The van der Waals surface area contributed by atoms with Crippen LogP contribution in [0.25, 0.3) is 6.08 Å². The van der Waals surface area contributed by atoms with E-state index in [1.807, 2.05) is 16.4 Å². The second kappa shape index (κ2) is 8.40. The highest BCUT2D eigenvalue weighted by Gasteiger charge is 2.38. The summed E-state index contributed by atoms with van der Waals surface area (Å²) in [5.41, 5.74) is 2.36. The lowest BCUT2D eigenvalue weighted by Crippen LogP contribution is -2.40. The Morgan fingerprint density at radius 1 is 1.22 bits per heavy atom. The van der Waals surface area contributed by atoms with Gasteiger partial charge < -0.3 is 0 Å². The lowest BCUT2D eigenvalue weighted by molar-refractivity contribution is -0.124. The molecular formula is C21H23N3OS2. The molecule has 0 unspecified atom stereocenters. The van der Waals surface area contributed by atoms with E-state index in [4.69, 9.17) is 4.99 Å². The summed E-state index contributed by atoms with van der Waals surface area (Å²) < 4.78 is 0. The second-order valence-corrected chi connectivity index (χ2v) is 8.76. The summed E-state index contributed by atoms with van der Waals surface area (Å²) in [7, 11) is 0. The third kappa shape index (κ3) is 4.17. The Morgan fingerprint density at radius 3 is 2.67 bits per heavy atom. The first kappa shape index (κ1) is 18.4. The van der Waals surface area contributed by atoms with E-state index in [9.17, 15) is 4.79 Å². The summed E-state index contributed by atoms with van der Waals surface area (Å²) >= 11 is 2.98. The lowest BCUT2D eigenvalue weighted by atomic mass is 9.94. The maximum Gasteiger partial charge on any atom is 0.267 e. The zero-order chi connectivity index (χ0) is 18.6. The molecule has 0 atom stereocenters. The van der Waals surface area contributed by atoms with Crippen molar-refractivity contribution in [3.05, 3.63) is 51.9 Å². The molecule has 1 aromatic carbocycles. The number of thioether (sulfide) groups is 1. The van der Waals surface area contributed by atoms with Gasteiger partial charge in [0.1, 0.15) is 0 Å². The van der Waals surface area contributed by atoms with Gasteiger partial charge in [0.15, 0.2) is 5.17 Å². The van der Waals surface area contributed by atoms with E-state index in [0.717, 1.165) is 34.9 Å². The molecule has 27 heavy (non-hydrogen) atoms. The number of carbonyl (C=O) groups excluding carboxylic acids is 1. The third-order valence-corrected chi connectivity index (χ3v) is 6.72. The van der Waals surface area contributed by atoms with Crippen LogP contribution in [0.2, 0.25) is 0 Å². The van der Waals surface area contributed by atoms with Crippen LogP contribution in [0.5, 0.6) is 0 Å². The van der Waals surface area contributed by atoms with Crippen molar-refractivity contribution in [2.45, 2.75) is 51.5 Å². The predicted molar refractivity (Wildman–Crippen MR) is 114 cm³/mol. The van der Waals surface area contributed by atoms with Gasteiger partial charge in [-0.25, -0.2) is 4.98 Å². The molecule has 1 saturated carbocycles. The van der Waals surface area contributed by atoms with E-state index < -0.39 is 0 Å². The normalized spacial score (nSPS) is 21.5. The fourth-order valence-corrected chi connectivity index (χ4v) is 5.18. The van der Waals surface area contributed by atoms with E-state index in [0.29, 0.717) is 5.13 Å². The SMILES string of the molecule is CCc1ccc(/C=C2\S/C(=N/c3nccs3)N(C3CCCCC3)C2=O)cc1. The van der Waals surface area contributed by atoms with E-state index in [1.165, 1.54) is 47.9 Å². The fraction of sp³-hybridized carbons (Fsp3) is 0.381. The molecule has 0 bridgehead atoms. The molecule has 1 aliphatic carbocycles. The van der Waals surface area contributed by atoms with Crippen molar-refractivity contribution >= 4 is 45.4 Å². The average Bonchev–Trinajstić information content (AvgIpc) is 3.32. The minimum Gasteiger partial charge on any atom is -0.283 e. The first-order chi connectivity index (χ1) is 13.2. The Bertz CT molecular complexity index is 850. The zero-order valence-corrected chi connectivity index (χ0v) is 17.1. The number of rotatable bonds is 4. The minimum absolute atomic E-state index is 0.0850. The van der Waals surface area contributed by atoms with Crippen molar-refractivity contribution < 1.29 is 4.79 Å². The minimum atomic E-state index is 0.0850. The number of hydrogen-bond acceptors (Lipinski definition) is 5. The Hall–Kier alpha value is -1.92. The van der Waals surface area contributed by atoms with Gasteiger partial charge in [-0.2, -0.15) is 4.99 Å². The van der Waals surface area contributed by atoms with Gasteiger partial charge in [-0.1, -0.05) is 50.5 Å². The van der Waals surface area contributed by atoms with Crippen molar-refractivity contribution in [3.63, 3.8) is 0 Å². The number of hydrogen-bond donors (Lipinski definition) is 0. The molecule has 1 aromatic heterocycles. The smallest absolute Gasteiger partial charge is 0.267 e. The Labute approximate surface area is 168 Å². The molecule has 140 valence electrons. The molecule has 6 heteroatoms. The van der Waals surface area contributed by atoms with Crippen LogP contribution in [-0.4, -0.2) is 27.0 Å². The van der Waals surface area contributed by atoms with Crippen LogP contribution in [0.4, 0.5) is 5.13 Å². The molecule has 2 fully saturated rings. The summed E-state index contributed by atoms with van der Waals surface area (Å²) in [6, 6.07) is 8.67. The third-order valence-electron chi connectivity index (χ3n) is 5.07. The standard InChI is InChI=1S/C21H23N3OS2/c1-2-15-8-10-16(11-9-15)14-18-19(25)24(17-6-4-3-5-7-17)21(27-18)23-20-22-12-13-26-20/h8-14,17H,2-7H2,1H3/b18-14-,23-21+. The molecule has 4 rings (SSSR count). The molecular weight excluding hydrogens is 374 g/mol. The van der Waals surface area contributed by atoms with E-state index in [2.05, 4.69) is 36.2 Å². The van der Waals surface area contributed by atoms with Gasteiger partial charge >= 0.3 is 0 Å². The second-order valence-electron chi connectivity index (χ2n) is 6.88. The van der Waals surface area contributed by atoms with Gasteiger partial charge in [0.05, 0.1) is 4.91 Å². The van der Waals surface area contributed by atoms with Crippen molar-refractivity contribution in [3.8, 4) is 0 Å². The van der Waals surface area contributed by atoms with E-state index in [-0.39, 0.29) is 11.9 Å².